The summed E-state index contributed by atoms with van der Waals surface area (Å²) in [5.74, 6) is -1.54. The first-order chi connectivity index (χ1) is 18.7. The average molecular weight is 571 g/mol. The zero-order chi connectivity index (χ0) is 29.8. The molecule has 4 amide bonds. The Balaban J connectivity index is 2.06. The van der Waals surface area contributed by atoms with Crippen molar-refractivity contribution in [3.05, 3.63) is 63.7 Å². The number of primary amides is 1. The Labute approximate surface area is 240 Å². The molecular formula is C30H39ClN4O5. The van der Waals surface area contributed by atoms with E-state index in [1.165, 1.54) is 4.90 Å². The first-order valence-corrected chi connectivity index (χ1v) is 13.8. The summed E-state index contributed by atoms with van der Waals surface area (Å²) in [6.07, 6.45) is 0.414. The fourth-order valence-electron chi connectivity index (χ4n) is 4.63. The summed E-state index contributed by atoms with van der Waals surface area (Å²) in [5.41, 5.74) is 8.31. The normalized spacial score (nSPS) is 14.6. The Morgan fingerprint density at radius 3 is 2.23 bits per heavy atom. The monoisotopic (exact) mass is 570 g/mol. The summed E-state index contributed by atoms with van der Waals surface area (Å²) in [4.78, 5) is 54.1. The number of nitrogens with zero attached hydrogens (tertiary/aromatic N) is 1. The molecule has 1 aliphatic carbocycles. The highest BCUT2D eigenvalue weighted by atomic mass is 35.5. The van der Waals surface area contributed by atoms with Crippen LogP contribution >= 0.6 is 11.6 Å². The maximum absolute atomic E-state index is 14.2. The maximum atomic E-state index is 14.2. The number of rotatable bonds is 10. The number of nitrogens with two attached hydrogens (primary N) is 1. The van der Waals surface area contributed by atoms with Gasteiger partial charge in [0.2, 0.25) is 11.8 Å². The van der Waals surface area contributed by atoms with E-state index < -0.39 is 41.5 Å². The molecule has 9 nitrogen and oxygen atoms in total. The summed E-state index contributed by atoms with van der Waals surface area (Å²) in [6, 6.07) is 8.66. The zero-order valence-electron chi connectivity index (χ0n) is 24.0. The van der Waals surface area contributed by atoms with Crippen molar-refractivity contribution in [3.63, 3.8) is 0 Å². The highest BCUT2D eigenvalue weighted by molar-refractivity contribution is 6.34. The standard InChI is InChI=1S/C30H39ClN4O5/c1-17-14-18(2)16-20(15-17)26(27(37)34-25-19(3)8-7-9-22(25)31)35(21-10-11-21)28(38)23(12-13-24(32)36)33-29(39)40-30(4,5)6/h7-9,14-16,21,23,26H,10-13H2,1-6H3,(H2,32,36)(H,33,39)(H,34,37). The molecule has 2 atom stereocenters. The molecule has 1 saturated carbocycles. The van der Waals surface area contributed by atoms with Gasteiger partial charge in [-0.15, -0.1) is 0 Å². The lowest BCUT2D eigenvalue weighted by Crippen LogP contribution is -2.53. The highest BCUT2D eigenvalue weighted by Crippen LogP contribution is 2.37. The van der Waals surface area contributed by atoms with Crippen LogP contribution in [0.25, 0.3) is 0 Å². The number of halogens is 1. The van der Waals surface area contributed by atoms with Gasteiger partial charge in [0.05, 0.1) is 10.7 Å². The smallest absolute Gasteiger partial charge is 0.408 e. The predicted molar refractivity (Wildman–Crippen MR) is 155 cm³/mol. The van der Waals surface area contributed by atoms with E-state index in [2.05, 4.69) is 10.6 Å². The summed E-state index contributed by atoms with van der Waals surface area (Å²) in [6.45, 7) is 10.8. The number of para-hydroxylation sites is 1. The van der Waals surface area contributed by atoms with Gasteiger partial charge in [-0.3, -0.25) is 14.4 Å². The molecule has 0 aromatic heterocycles. The number of alkyl carbamates (subject to hydrolysis) is 1. The van der Waals surface area contributed by atoms with E-state index in [1.54, 1.807) is 32.9 Å². The van der Waals surface area contributed by atoms with Gasteiger partial charge in [0.25, 0.3) is 5.91 Å². The molecule has 10 heteroatoms. The van der Waals surface area contributed by atoms with Crippen LogP contribution < -0.4 is 16.4 Å². The summed E-state index contributed by atoms with van der Waals surface area (Å²) >= 11 is 6.42. The van der Waals surface area contributed by atoms with E-state index in [4.69, 9.17) is 22.1 Å². The number of aryl methyl sites for hydroxylation is 3. The van der Waals surface area contributed by atoms with Gasteiger partial charge < -0.3 is 26.0 Å². The number of hydrogen-bond acceptors (Lipinski definition) is 5. The SMILES string of the molecule is Cc1cc(C)cc(C(C(=O)Nc2c(C)cccc2Cl)N(C(=O)C(CCC(N)=O)NC(=O)OC(C)(C)C)C2CC2)c1. The van der Waals surface area contributed by atoms with Crippen molar-refractivity contribution in [3.8, 4) is 0 Å². The highest BCUT2D eigenvalue weighted by Gasteiger charge is 2.44. The van der Waals surface area contributed by atoms with Crippen LogP contribution in [0.15, 0.2) is 36.4 Å². The van der Waals surface area contributed by atoms with E-state index in [-0.39, 0.29) is 18.9 Å². The van der Waals surface area contributed by atoms with Gasteiger partial charge >= 0.3 is 6.09 Å². The van der Waals surface area contributed by atoms with Crippen LogP contribution in [0, 0.1) is 20.8 Å². The van der Waals surface area contributed by atoms with Gasteiger partial charge in [-0.2, -0.15) is 0 Å². The molecule has 0 spiro atoms. The lowest BCUT2D eigenvalue weighted by atomic mass is 9.97. The van der Waals surface area contributed by atoms with Gasteiger partial charge in [0, 0.05) is 12.5 Å². The second-order valence-electron chi connectivity index (χ2n) is 11.4. The lowest BCUT2D eigenvalue weighted by Gasteiger charge is -2.35. The molecule has 40 heavy (non-hydrogen) atoms. The van der Waals surface area contributed by atoms with E-state index in [9.17, 15) is 19.2 Å². The van der Waals surface area contributed by atoms with Gasteiger partial charge in [-0.05, 0) is 78.0 Å². The van der Waals surface area contributed by atoms with Gasteiger partial charge in [-0.25, -0.2) is 4.79 Å². The third-order valence-corrected chi connectivity index (χ3v) is 6.73. The third kappa shape index (κ3) is 8.45. The topological polar surface area (TPSA) is 131 Å². The largest absolute Gasteiger partial charge is 0.444 e. The molecule has 4 N–H and O–H groups in total. The second kappa shape index (κ2) is 12.7. The van der Waals surface area contributed by atoms with Crippen LogP contribution in [0.3, 0.4) is 0 Å². The third-order valence-electron chi connectivity index (χ3n) is 6.42. The maximum Gasteiger partial charge on any atom is 0.408 e. The molecule has 0 saturated heterocycles. The summed E-state index contributed by atoms with van der Waals surface area (Å²) < 4.78 is 5.38. The van der Waals surface area contributed by atoms with E-state index in [0.717, 1.165) is 16.7 Å². The zero-order valence-corrected chi connectivity index (χ0v) is 24.7. The minimum atomic E-state index is -1.13. The number of benzene rings is 2. The number of hydrogen-bond donors (Lipinski definition) is 3. The fourth-order valence-corrected chi connectivity index (χ4v) is 4.90. The molecule has 2 unspecified atom stereocenters. The van der Waals surface area contributed by atoms with Crippen LogP contribution in [0.2, 0.25) is 5.02 Å². The quantitative estimate of drug-likeness (QED) is 0.366. The van der Waals surface area contributed by atoms with Crippen LogP contribution in [0.4, 0.5) is 10.5 Å². The minimum absolute atomic E-state index is 0.0402. The molecule has 0 aliphatic heterocycles. The van der Waals surface area contributed by atoms with Crippen molar-refractivity contribution in [2.75, 3.05) is 5.32 Å². The van der Waals surface area contributed by atoms with Gasteiger partial charge in [0.1, 0.15) is 17.7 Å². The van der Waals surface area contributed by atoms with Crippen LogP contribution in [0.5, 0.6) is 0 Å². The molecule has 2 aromatic rings. The molecule has 3 rings (SSSR count). The van der Waals surface area contributed by atoms with Crippen molar-refractivity contribution in [2.24, 2.45) is 5.73 Å². The Kier molecular flexibility index (Phi) is 9.84. The second-order valence-corrected chi connectivity index (χ2v) is 11.8. The molecule has 216 valence electrons. The van der Waals surface area contributed by atoms with Crippen molar-refractivity contribution in [1.29, 1.82) is 0 Å². The lowest BCUT2D eigenvalue weighted by molar-refractivity contribution is -0.141. The Morgan fingerprint density at radius 2 is 1.70 bits per heavy atom. The molecule has 1 fully saturated rings. The molecule has 0 bridgehead atoms. The number of nitrogens with one attached hydrogen (secondary N) is 2. The van der Waals surface area contributed by atoms with Crippen molar-refractivity contribution in [2.45, 2.75) is 91.0 Å². The molecule has 0 radical (unpaired) electrons. The molecule has 1 aliphatic rings. The van der Waals surface area contributed by atoms with E-state index >= 15 is 0 Å². The van der Waals surface area contributed by atoms with Crippen molar-refractivity contribution >= 4 is 41.1 Å². The van der Waals surface area contributed by atoms with Crippen molar-refractivity contribution in [1.82, 2.24) is 10.2 Å². The first-order valence-electron chi connectivity index (χ1n) is 13.4. The summed E-state index contributed by atoms with van der Waals surface area (Å²) in [5, 5.41) is 5.94. The number of anilines is 1. The van der Waals surface area contributed by atoms with E-state index in [1.807, 2.05) is 45.0 Å². The van der Waals surface area contributed by atoms with Crippen molar-refractivity contribution < 1.29 is 23.9 Å². The van der Waals surface area contributed by atoms with E-state index in [0.29, 0.717) is 29.1 Å². The average Bonchev–Trinajstić information content (AvgIpc) is 3.65. The number of amides is 4. The number of carbonyl (C=O) groups is 4. The number of carbonyl (C=O) groups excluding carboxylic acids is 4. The fraction of sp³-hybridized carbons (Fsp3) is 0.467. The minimum Gasteiger partial charge on any atom is -0.444 e. The Hall–Kier alpha value is -3.59. The van der Waals surface area contributed by atoms with Crippen LogP contribution in [-0.2, 0) is 19.1 Å². The Bertz CT molecular complexity index is 1240. The van der Waals surface area contributed by atoms with Crippen LogP contribution in [-0.4, -0.2) is 46.4 Å². The molecular weight excluding hydrogens is 532 g/mol. The summed E-state index contributed by atoms with van der Waals surface area (Å²) in [7, 11) is 0. The first kappa shape index (κ1) is 30.9. The molecule has 2 aromatic carbocycles. The van der Waals surface area contributed by atoms with Gasteiger partial charge in [-0.1, -0.05) is 53.1 Å². The predicted octanol–water partition coefficient (Wildman–Crippen LogP) is 5.09. The Morgan fingerprint density at radius 1 is 1.07 bits per heavy atom. The van der Waals surface area contributed by atoms with Crippen LogP contribution in [0.1, 0.15) is 74.8 Å². The number of ether oxygens (including phenoxy) is 1. The molecule has 0 heterocycles. The van der Waals surface area contributed by atoms with Gasteiger partial charge in [0.15, 0.2) is 0 Å².